The summed E-state index contributed by atoms with van der Waals surface area (Å²) < 4.78 is 6.19. The van der Waals surface area contributed by atoms with Crippen LogP contribution in [0.5, 0.6) is 0 Å². The highest BCUT2D eigenvalue weighted by molar-refractivity contribution is 6.77. The molecule has 0 aliphatic carbocycles. The van der Waals surface area contributed by atoms with Gasteiger partial charge in [0.2, 0.25) is 12.4 Å². The Morgan fingerprint density at radius 1 is 1.04 bits per heavy atom. The molecule has 1 atom stereocenters. The van der Waals surface area contributed by atoms with Crippen molar-refractivity contribution in [1.82, 2.24) is 9.97 Å². The molecular formula is C20H18BN3O. The second kappa shape index (κ2) is 5.09. The maximum absolute atomic E-state index is 6.19. The van der Waals surface area contributed by atoms with Crippen LogP contribution in [0.15, 0.2) is 53.2 Å². The minimum atomic E-state index is 0.315. The number of aromatic nitrogens is 2. The first-order valence-corrected chi connectivity index (χ1v) is 8.68. The fraction of sp³-hybridized carbons (Fsp3) is 0.200. The fourth-order valence-corrected chi connectivity index (χ4v) is 4.01. The number of furan rings is 1. The van der Waals surface area contributed by atoms with Crippen molar-refractivity contribution >= 4 is 45.7 Å². The van der Waals surface area contributed by atoms with Gasteiger partial charge in [0.05, 0.1) is 5.69 Å². The lowest BCUT2D eigenvalue weighted by molar-refractivity contribution is 0.652. The molecular weight excluding hydrogens is 309 g/mol. The standard InChI is InChI=1S/C20H18BN3O/c1-12-8-9-14-15-6-4-11-23-20(15)25-18(14)17(12)24-13(2)21(3)16-7-5-10-22-19(16)24/h4-11,13H,1-3H3/t13-/m0/s1. The van der Waals surface area contributed by atoms with Gasteiger partial charge in [0.25, 0.3) is 0 Å². The van der Waals surface area contributed by atoms with Gasteiger partial charge in [-0.25, -0.2) is 9.97 Å². The van der Waals surface area contributed by atoms with Crippen LogP contribution in [0.25, 0.3) is 22.1 Å². The summed E-state index contributed by atoms with van der Waals surface area (Å²) in [6.07, 6.45) is 3.64. The summed E-state index contributed by atoms with van der Waals surface area (Å²) in [4.78, 5) is 11.4. The van der Waals surface area contributed by atoms with E-state index in [0.717, 1.165) is 27.9 Å². The van der Waals surface area contributed by atoms with Crippen molar-refractivity contribution in [2.75, 3.05) is 4.90 Å². The highest BCUT2D eigenvalue weighted by Crippen LogP contribution is 2.41. The second-order valence-electron chi connectivity index (χ2n) is 6.88. The highest BCUT2D eigenvalue weighted by Gasteiger charge is 2.38. The minimum absolute atomic E-state index is 0.315. The zero-order valence-corrected chi connectivity index (χ0v) is 14.5. The topological polar surface area (TPSA) is 42.2 Å². The molecule has 1 aliphatic rings. The monoisotopic (exact) mass is 327 g/mol. The van der Waals surface area contributed by atoms with E-state index >= 15 is 0 Å². The molecule has 0 saturated heterocycles. The van der Waals surface area contributed by atoms with Gasteiger partial charge in [-0.05, 0) is 36.1 Å². The van der Waals surface area contributed by atoms with Gasteiger partial charge in [-0.1, -0.05) is 31.9 Å². The number of pyridine rings is 2. The molecule has 0 radical (unpaired) electrons. The molecule has 0 N–H and O–H groups in total. The molecule has 0 bridgehead atoms. The lowest BCUT2D eigenvalue weighted by Gasteiger charge is -2.27. The summed E-state index contributed by atoms with van der Waals surface area (Å²) in [5.41, 5.74) is 5.16. The van der Waals surface area contributed by atoms with E-state index in [4.69, 9.17) is 4.42 Å². The molecule has 1 aromatic carbocycles. The highest BCUT2D eigenvalue weighted by atomic mass is 16.3. The predicted octanol–water partition coefficient (Wildman–Crippen LogP) is 4.10. The van der Waals surface area contributed by atoms with Gasteiger partial charge in [-0.2, -0.15) is 0 Å². The summed E-state index contributed by atoms with van der Waals surface area (Å²) in [7, 11) is 0. The number of hydrogen-bond acceptors (Lipinski definition) is 4. The van der Waals surface area contributed by atoms with Crippen molar-refractivity contribution < 1.29 is 4.42 Å². The maximum atomic E-state index is 6.19. The second-order valence-corrected chi connectivity index (χ2v) is 6.88. The lowest BCUT2D eigenvalue weighted by atomic mass is 9.44. The number of hydrogen-bond donors (Lipinski definition) is 0. The van der Waals surface area contributed by atoms with Gasteiger partial charge in [-0.15, -0.1) is 0 Å². The number of fused-ring (bicyclic) bond motifs is 4. The van der Waals surface area contributed by atoms with Crippen LogP contribution < -0.4 is 10.4 Å². The quantitative estimate of drug-likeness (QED) is 0.494. The van der Waals surface area contributed by atoms with Crippen molar-refractivity contribution in [3.63, 3.8) is 0 Å². The maximum Gasteiger partial charge on any atom is 0.227 e. The number of anilines is 2. The Bertz CT molecular complexity index is 1120. The normalized spacial score (nSPS) is 16.8. The van der Waals surface area contributed by atoms with Crippen LogP contribution in [0.2, 0.25) is 6.82 Å². The van der Waals surface area contributed by atoms with E-state index in [1.807, 2.05) is 18.3 Å². The van der Waals surface area contributed by atoms with E-state index in [2.05, 4.69) is 59.8 Å². The molecule has 122 valence electrons. The molecule has 0 fully saturated rings. The zero-order chi connectivity index (χ0) is 17.1. The Hall–Kier alpha value is -2.82. The SMILES string of the molecule is CB1c2cccnc2N(c2c(C)ccc3c2oc2ncccc23)[C@H]1C. The molecule has 4 heterocycles. The Morgan fingerprint density at radius 2 is 1.84 bits per heavy atom. The molecule has 0 saturated carbocycles. The molecule has 0 spiro atoms. The van der Waals surface area contributed by atoms with Crippen LogP contribution in [0.1, 0.15) is 12.5 Å². The van der Waals surface area contributed by atoms with Crippen LogP contribution in [-0.2, 0) is 0 Å². The largest absolute Gasteiger partial charge is 0.435 e. The van der Waals surface area contributed by atoms with E-state index in [1.54, 1.807) is 6.20 Å². The number of rotatable bonds is 1. The third kappa shape index (κ3) is 1.89. The van der Waals surface area contributed by atoms with Crippen LogP contribution in [0.4, 0.5) is 11.5 Å². The van der Waals surface area contributed by atoms with Crippen LogP contribution in [-0.4, -0.2) is 22.6 Å². The average molecular weight is 327 g/mol. The summed E-state index contributed by atoms with van der Waals surface area (Å²) in [5, 5.41) is 2.16. The van der Waals surface area contributed by atoms with Gasteiger partial charge < -0.3 is 9.32 Å². The first-order valence-electron chi connectivity index (χ1n) is 8.68. The third-order valence-corrected chi connectivity index (χ3v) is 5.50. The van der Waals surface area contributed by atoms with Crippen LogP contribution in [0.3, 0.4) is 0 Å². The lowest BCUT2D eigenvalue weighted by Crippen LogP contribution is -2.37. The first kappa shape index (κ1) is 14.5. The van der Waals surface area contributed by atoms with Crippen molar-refractivity contribution in [2.24, 2.45) is 0 Å². The molecule has 4 aromatic rings. The van der Waals surface area contributed by atoms with E-state index in [-0.39, 0.29) is 0 Å². The summed E-state index contributed by atoms with van der Waals surface area (Å²) in [6.45, 7) is 7.07. The van der Waals surface area contributed by atoms with Gasteiger partial charge in [-0.3, -0.25) is 0 Å². The molecule has 0 amide bonds. The molecule has 4 nitrogen and oxygen atoms in total. The third-order valence-electron chi connectivity index (χ3n) is 5.50. The number of benzene rings is 1. The first-order chi connectivity index (χ1) is 12.2. The molecule has 5 rings (SSSR count). The van der Waals surface area contributed by atoms with E-state index in [1.165, 1.54) is 11.0 Å². The predicted molar refractivity (Wildman–Crippen MR) is 103 cm³/mol. The van der Waals surface area contributed by atoms with Gasteiger partial charge in [0.15, 0.2) is 5.58 Å². The van der Waals surface area contributed by atoms with Gasteiger partial charge >= 0.3 is 0 Å². The average Bonchev–Trinajstić information content (AvgIpc) is 3.12. The zero-order valence-electron chi connectivity index (χ0n) is 14.5. The number of nitrogens with zero attached hydrogens (tertiary/aromatic N) is 3. The Balaban J connectivity index is 1.85. The minimum Gasteiger partial charge on any atom is -0.435 e. The smallest absolute Gasteiger partial charge is 0.227 e. The van der Waals surface area contributed by atoms with Crippen molar-refractivity contribution in [2.45, 2.75) is 26.6 Å². The van der Waals surface area contributed by atoms with Crippen molar-refractivity contribution in [1.29, 1.82) is 0 Å². The van der Waals surface area contributed by atoms with E-state index in [9.17, 15) is 0 Å². The Morgan fingerprint density at radius 3 is 2.72 bits per heavy atom. The van der Waals surface area contributed by atoms with Gasteiger partial charge in [0, 0.05) is 29.1 Å². The summed E-state index contributed by atoms with van der Waals surface area (Å²) >= 11 is 0. The Kier molecular flexibility index (Phi) is 2.96. The molecule has 5 heteroatoms. The molecule has 1 aliphatic heterocycles. The van der Waals surface area contributed by atoms with Crippen molar-refractivity contribution in [3.8, 4) is 0 Å². The molecule has 3 aromatic heterocycles. The number of aryl methyl sites for hydroxylation is 1. The summed E-state index contributed by atoms with van der Waals surface area (Å²) in [5.74, 6) is 1.35. The van der Waals surface area contributed by atoms with E-state index < -0.39 is 0 Å². The summed E-state index contributed by atoms with van der Waals surface area (Å²) in [6, 6.07) is 12.5. The molecule has 0 unspecified atom stereocenters. The van der Waals surface area contributed by atoms with E-state index in [0.29, 0.717) is 18.4 Å². The Labute approximate surface area is 146 Å². The van der Waals surface area contributed by atoms with Crippen LogP contribution in [0, 0.1) is 6.92 Å². The van der Waals surface area contributed by atoms with Crippen molar-refractivity contribution in [3.05, 3.63) is 54.4 Å². The fourth-order valence-electron chi connectivity index (χ4n) is 4.01. The molecule has 25 heavy (non-hydrogen) atoms. The van der Waals surface area contributed by atoms with Gasteiger partial charge in [0.1, 0.15) is 5.82 Å². The van der Waals surface area contributed by atoms with Crippen LogP contribution >= 0.6 is 0 Å².